The number of nitrogens with two attached hydrogens (primary N) is 1. The number of anilines is 1. The number of benzene rings is 2. The van der Waals surface area contributed by atoms with Gasteiger partial charge in [0.15, 0.2) is 0 Å². The van der Waals surface area contributed by atoms with Crippen LogP contribution in [0, 0.1) is 0 Å². The predicted octanol–water partition coefficient (Wildman–Crippen LogP) is 3.26. The molecule has 0 aliphatic rings. The number of halogens is 1. The lowest BCUT2D eigenvalue weighted by Crippen LogP contribution is -2.04. The lowest BCUT2D eigenvalue weighted by Gasteiger charge is -2.11. The van der Waals surface area contributed by atoms with Crippen LogP contribution in [0.4, 0.5) is 5.69 Å². The highest BCUT2D eigenvalue weighted by Gasteiger charge is 2.05. The molecule has 0 saturated heterocycles. The van der Waals surface area contributed by atoms with E-state index in [1.165, 1.54) is 5.56 Å². The molecule has 2 aromatic rings. The second kappa shape index (κ2) is 7.22. The van der Waals surface area contributed by atoms with E-state index in [2.05, 4.69) is 27.3 Å². The average Bonchev–Trinajstić information content (AvgIpc) is 2.47. The topological polar surface area (TPSA) is 55.1 Å². The molecule has 2 aromatic carbocycles. The monoisotopic (exact) mass is 332 g/mol. The number of rotatable bonds is 6. The molecule has 0 heterocycles. The summed E-state index contributed by atoms with van der Waals surface area (Å²) >= 11 is 3.55. The van der Waals surface area contributed by atoms with Crippen molar-refractivity contribution in [1.82, 2.24) is 0 Å². The van der Waals surface area contributed by atoms with E-state index in [4.69, 9.17) is 5.73 Å². The van der Waals surface area contributed by atoms with E-state index >= 15 is 0 Å². The van der Waals surface area contributed by atoms with Crippen molar-refractivity contribution >= 4 is 28.0 Å². The maximum Gasteiger partial charge on any atom is 0.211 e. The van der Waals surface area contributed by atoms with Crippen molar-refractivity contribution in [3.63, 3.8) is 0 Å². The van der Waals surface area contributed by atoms with Crippen molar-refractivity contribution in [3.8, 4) is 0 Å². The minimum atomic E-state index is 0.470. The SMILES string of the molecule is NCc1ccc(CCc2ccccc2Br)c(NC=O)c1. The molecule has 0 saturated carbocycles. The lowest BCUT2D eigenvalue weighted by molar-refractivity contribution is -0.105. The second-order valence-electron chi connectivity index (χ2n) is 4.55. The molecule has 0 spiro atoms. The number of nitrogens with one attached hydrogen (secondary N) is 1. The van der Waals surface area contributed by atoms with Crippen LogP contribution in [-0.2, 0) is 24.2 Å². The number of hydrogen-bond acceptors (Lipinski definition) is 2. The highest BCUT2D eigenvalue weighted by Crippen LogP contribution is 2.22. The molecule has 0 bridgehead atoms. The molecule has 0 radical (unpaired) electrons. The first-order valence-electron chi connectivity index (χ1n) is 6.50. The molecule has 0 fully saturated rings. The molecule has 2 rings (SSSR count). The van der Waals surface area contributed by atoms with Gasteiger partial charge in [0.25, 0.3) is 0 Å². The molecule has 3 N–H and O–H groups in total. The molecule has 0 unspecified atom stereocenters. The van der Waals surface area contributed by atoms with Gasteiger partial charge in [-0.3, -0.25) is 4.79 Å². The number of amides is 1. The molecular weight excluding hydrogens is 316 g/mol. The average molecular weight is 333 g/mol. The summed E-state index contributed by atoms with van der Waals surface area (Å²) in [7, 11) is 0. The van der Waals surface area contributed by atoms with Gasteiger partial charge in [-0.05, 0) is 41.7 Å². The van der Waals surface area contributed by atoms with E-state index in [0.29, 0.717) is 13.0 Å². The van der Waals surface area contributed by atoms with Gasteiger partial charge >= 0.3 is 0 Å². The number of hydrogen-bond donors (Lipinski definition) is 2. The maximum atomic E-state index is 10.7. The summed E-state index contributed by atoms with van der Waals surface area (Å²) in [5.74, 6) is 0. The fourth-order valence-electron chi connectivity index (χ4n) is 2.14. The van der Waals surface area contributed by atoms with E-state index < -0.39 is 0 Å². The minimum Gasteiger partial charge on any atom is -0.328 e. The smallest absolute Gasteiger partial charge is 0.211 e. The predicted molar refractivity (Wildman–Crippen MR) is 85.6 cm³/mol. The molecule has 0 aromatic heterocycles. The Kier molecular flexibility index (Phi) is 5.32. The first kappa shape index (κ1) is 14.8. The number of carbonyl (C=O) groups is 1. The Labute approximate surface area is 127 Å². The summed E-state index contributed by atoms with van der Waals surface area (Å²) in [5, 5.41) is 2.75. The molecule has 104 valence electrons. The zero-order chi connectivity index (χ0) is 14.4. The van der Waals surface area contributed by atoms with Crippen molar-refractivity contribution in [3.05, 3.63) is 63.6 Å². The Bertz CT molecular complexity index is 599. The third-order valence-electron chi connectivity index (χ3n) is 3.25. The molecular formula is C16H17BrN2O. The molecule has 20 heavy (non-hydrogen) atoms. The van der Waals surface area contributed by atoms with Crippen LogP contribution in [0.1, 0.15) is 16.7 Å². The quantitative estimate of drug-likeness (QED) is 0.797. The van der Waals surface area contributed by atoms with Crippen molar-refractivity contribution < 1.29 is 4.79 Å². The van der Waals surface area contributed by atoms with Crippen LogP contribution in [0.25, 0.3) is 0 Å². The summed E-state index contributed by atoms with van der Waals surface area (Å²) < 4.78 is 1.11. The molecule has 0 atom stereocenters. The Balaban J connectivity index is 2.16. The first-order chi connectivity index (χ1) is 9.74. The normalized spacial score (nSPS) is 10.3. The van der Waals surface area contributed by atoms with Crippen LogP contribution in [0.3, 0.4) is 0 Å². The van der Waals surface area contributed by atoms with Gasteiger partial charge in [-0.25, -0.2) is 0 Å². The zero-order valence-corrected chi connectivity index (χ0v) is 12.7. The Morgan fingerprint density at radius 2 is 1.85 bits per heavy atom. The van der Waals surface area contributed by atoms with E-state index in [-0.39, 0.29) is 0 Å². The van der Waals surface area contributed by atoms with Crippen molar-refractivity contribution in [2.75, 3.05) is 5.32 Å². The molecule has 4 heteroatoms. The maximum absolute atomic E-state index is 10.7. The largest absolute Gasteiger partial charge is 0.328 e. The van der Waals surface area contributed by atoms with Crippen molar-refractivity contribution in [2.24, 2.45) is 5.73 Å². The van der Waals surface area contributed by atoms with Gasteiger partial charge in [-0.2, -0.15) is 0 Å². The zero-order valence-electron chi connectivity index (χ0n) is 11.1. The highest BCUT2D eigenvalue weighted by atomic mass is 79.9. The fourth-order valence-corrected chi connectivity index (χ4v) is 2.62. The van der Waals surface area contributed by atoms with Crippen LogP contribution in [-0.4, -0.2) is 6.41 Å². The molecule has 1 amide bonds. The van der Waals surface area contributed by atoms with Gasteiger partial charge in [0.2, 0.25) is 6.41 Å². The number of carbonyl (C=O) groups excluding carboxylic acids is 1. The third-order valence-corrected chi connectivity index (χ3v) is 4.02. The summed E-state index contributed by atoms with van der Waals surface area (Å²) in [4.78, 5) is 10.7. The lowest BCUT2D eigenvalue weighted by atomic mass is 10.0. The van der Waals surface area contributed by atoms with Gasteiger partial charge in [0.05, 0.1) is 0 Å². The van der Waals surface area contributed by atoms with Crippen LogP contribution in [0.5, 0.6) is 0 Å². The van der Waals surface area contributed by atoms with E-state index in [9.17, 15) is 4.79 Å². The minimum absolute atomic E-state index is 0.470. The summed E-state index contributed by atoms with van der Waals surface area (Å²) in [5.41, 5.74) is 9.86. The summed E-state index contributed by atoms with van der Waals surface area (Å²) in [6, 6.07) is 14.1. The summed E-state index contributed by atoms with van der Waals surface area (Å²) in [6.45, 7) is 0.470. The van der Waals surface area contributed by atoms with Crippen LogP contribution >= 0.6 is 15.9 Å². The molecule has 0 aliphatic carbocycles. The molecule has 0 aliphatic heterocycles. The number of aryl methyl sites for hydroxylation is 2. The third kappa shape index (κ3) is 3.68. The molecule has 3 nitrogen and oxygen atoms in total. The van der Waals surface area contributed by atoms with E-state index in [1.54, 1.807) is 0 Å². The van der Waals surface area contributed by atoms with E-state index in [1.807, 2.05) is 36.4 Å². The van der Waals surface area contributed by atoms with Gasteiger partial charge in [0, 0.05) is 16.7 Å². The summed E-state index contributed by atoms with van der Waals surface area (Å²) in [6.07, 6.45) is 2.48. The van der Waals surface area contributed by atoms with Crippen LogP contribution in [0.2, 0.25) is 0 Å². The van der Waals surface area contributed by atoms with Crippen LogP contribution < -0.4 is 11.1 Å². The first-order valence-corrected chi connectivity index (χ1v) is 7.29. The Morgan fingerprint density at radius 1 is 1.10 bits per heavy atom. The van der Waals surface area contributed by atoms with Crippen molar-refractivity contribution in [1.29, 1.82) is 0 Å². The van der Waals surface area contributed by atoms with Gasteiger partial charge < -0.3 is 11.1 Å². The Morgan fingerprint density at radius 3 is 2.55 bits per heavy atom. The van der Waals surface area contributed by atoms with Crippen molar-refractivity contribution in [2.45, 2.75) is 19.4 Å². The van der Waals surface area contributed by atoms with Gasteiger partial charge in [0.1, 0.15) is 0 Å². The standard InChI is InChI=1S/C16H17BrN2O/c17-15-4-2-1-3-13(15)7-8-14-6-5-12(10-18)9-16(14)19-11-20/h1-6,9,11H,7-8,10,18H2,(H,19,20). The van der Waals surface area contributed by atoms with E-state index in [0.717, 1.165) is 34.1 Å². The Hall–Kier alpha value is -1.65. The fraction of sp³-hybridized carbons (Fsp3) is 0.188. The highest BCUT2D eigenvalue weighted by molar-refractivity contribution is 9.10. The second-order valence-corrected chi connectivity index (χ2v) is 5.40. The van der Waals surface area contributed by atoms with Crippen LogP contribution in [0.15, 0.2) is 46.9 Å². The van der Waals surface area contributed by atoms with Gasteiger partial charge in [-0.1, -0.05) is 46.3 Å². The van der Waals surface area contributed by atoms with Gasteiger partial charge in [-0.15, -0.1) is 0 Å².